The smallest absolute Gasteiger partial charge is 0.124 e. The Morgan fingerprint density at radius 1 is 1.47 bits per heavy atom. The summed E-state index contributed by atoms with van der Waals surface area (Å²) in [6.45, 7) is 0.669. The number of halogens is 1. The van der Waals surface area contributed by atoms with E-state index in [4.69, 9.17) is 0 Å². The number of aromatic nitrogens is 2. The molecule has 0 fully saturated rings. The first-order chi connectivity index (χ1) is 8.24. The van der Waals surface area contributed by atoms with Gasteiger partial charge in [0, 0.05) is 23.8 Å². The Bertz CT molecular complexity index is 529. The third-order valence-electron chi connectivity index (χ3n) is 2.87. The van der Waals surface area contributed by atoms with Crippen molar-refractivity contribution in [2.45, 2.75) is 22.8 Å². The molecule has 0 bridgehead atoms. The Morgan fingerprint density at radius 3 is 3.12 bits per heavy atom. The van der Waals surface area contributed by atoms with E-state index in [9.17, 15) is 9.50 Å². The van der Waals surface area contributed by atoms with Crippen LogP contribution >= 0.6 is 11.8 Å². The molecule has 0 radical (unpaired) electrons. The number of imidazole rings is 1. The molecule has 88 valence electrons. The van der Waals surface area contributed by atoms with Crippen LogP contribution in [0.15, 0.2) is 41.8 Å². The van der Waals surface area contributed by atoms with E-state index >= 15 is 0 Å². The van der Waals surface area contributed by atoms with Crippen molar-refractivity contribution in [2.75, 3.05) is 0 Å². The largest absolute Gasteiger partial charge is 0.387 e. The second kappa shape index (κ2) is 4.16. The number of hydrogen-bond acceptors (Lipinski definition) is 3. The fraction of sp³-hybridized carbons (Fsp3) is 0.250. The van der Waals surface area contributed by atoms with E-state index in [-0.39, 0.29) is 11.1 Å². The van der Waals surface area contributed by atoms with E-state index in [1.165, 1.54) is 23.9 Å². The predicted octanol–water partition coefficient (Wildman–Crippen LogP) is 2.23. The zero-order valence-electron chi connectivity index (χ0n) is 8.95. The first-order valence-electron chi connectivity index (χ1n) is 5.34. The highest BCUT2D eigenvalue weighted by molar-refractivity contribution is 8.00. The van der Waals surface area contributed by atoms with Crippen molar-refractivity contribution in [3.8, 4) is 0 Å². The maximum absolute atomic E-state index is 13.1. The van der Waals surface area contributed by atoms with Crippen molar-refractivity contribution in [3.63, 3.8) is 0 Å². The van der Waals surface area contributed by atoms with Crippen LogP contribution in [0.2, 0.25) is 0 Å². The molecule has 2 heterocycles. The Kier molecular flexibility index (Phi) is 2.64. The standard InChI is InChI=1S/C12H11FN2OS/c13-8-1-2-9-10(5-8)17-11(12(9)16)6-15-4-3-14-7-15/h1-5,7,11-12,16H,6H2/t11-,12-/m1/s1. The molecule has 2 aromatic rings. The van der Waals surface area contributed by atoms with Gasteiger partial charge in [0.25, 0.3) is 0 Å². The molecule has 0 amide bonds. The van der Waals surface area contributed by atoms with Gasteiger partial charge in [0.05, 0.1) is 17.7 Å². The summed E-state index contributed by atoms with van der Waals surface area (Å²) >= 11 is 1.52. The van der Waals surface area contributed by atoms with Crippen LogP contribution in [0.5, 0.6) is 0 Å². The highest BCUT2D eigenvalue weighted by atomic mass is 32.2. The van der Waals surface area contributed by atoms with Gasteiger partial charge in [-0.3, -0.25) is 0 Å². The second-order valence-corrected chi connectivity index (χ2v) is 5.32. The van der Waals surface area contributed by atoms with Gasteiger partial charge in [-0.05, 0) is 17.7 Å². The number of thioether (sulfide) groups is 1. The Hall–Kier alpha value is -1.33. The Labute approximate surface area is 102 Å². The fourth-order valence-corrected chi connectivity index (χ4v) is 3.38. The van der Waals surface area contributed by atoms with Crippen LogP contribution in [0, 0.1) is 5.82 Å². The Balaban J connectivity index is 1.83. The first kappa shape index (κ1) is 10.8. The monoisotopic (exact) mass is 250 g/mol. The molecule has 17 heavy (non-hydrogen) atoms. The molecule has 1 aliphatic rings. The van der Waals surface area contributed by atoms with Crippen LogP contribution in [-0.4, -0.2) is 19.9 Å². The van der Waals surface area contributed by atoms with Crippen LogP contribution in [0.1, 0.15) is 11.7 Å². The fourth-order valence-electron chi connectivity index (χ4n) is 2.02. The lowest BCUT2D eigenvalue weighted by atomic mass is 10.1. The molecule has 0 saturated carbocycles. The lowest BCUT2D eigenvalue weighted by Crippen LogP contribution is -2.16. The number of benzene rings is 1. The van der Waals surface area contributed by atoms with Crippen molar-refractivity contribution in [1.29, 1.82) is 0 Å². The quantitative estimate of drug-likeness (QED) is 0.888. The highest BCUT2D eigenvalue weighted by Crippen LogP contribution is 2.44. The molecule has 0 spiro atoms. The average Bonchev–Trinajstić information content (AvgIpc) is 2.89. The number of hydrogen-bond donors (Lipinski definition) is 1. The number of aliphatic hydroxyl groups excluding tert-OH is 1. The van der Waals surface area contributed by atoms with Crippen molar-refractivity contribution in [3.05, 3.63) is 48.3 Å². The van der Waals surface area contributed by atoms with E-state index in [1.54, 1.807) is 18.6 Å². The summed E-state index contributed by atoms with van der Waals surface area (Å²) in [6.07, 6.45) is 4.74. The molecule has 1 N–H and O–H groups in total. The molecule has 2 atom stereocenters. The van der Waals surface area contributed by atoms with Gasteiger partial charge in [-0.2, -0.15) is 0 Å². The molecule has 3 nitrogen and oxygen atoms in total. The van der Waals surface area contributed by atoms with Gasteiger partial charge in [0.2, 0.25) is 0 Å². The summed E-state index contributed by atoms with van der Waals surface area (Å²) in [7, 11) is 0. The summed E-state index contributed by atoms with van der Waals surface area (Å²) in [6, 6.07) is 4.54. The van der Waals surface area contributed by atoms with Gasteiger partial charge in [-0.1, -0.05) is 6.07 Å². The maximum Gasteiger partial charge on any atom is 0.124 e. The Morgan fingerprint density at radius 2 is 2.35 bits per heavy atom. The third-order valence-corrected chi connectivity index (χ3v) is 4.19. The van der Waals surface area contributed by atoms with E-state index in [0.717, 1.165) is 10.5 Å². The van der Waals surface area contributed by atoms with Crippen LogP contribution in [-0.2, 0) is 6.54 Å². The number of rotatable bonds is 2. The van der Waals surface area contributed by atoms with Crippen LogP contribution in [0.25, 0.3) is 0 Å². The highest BCUT2D eigenvalue weighted by Gasteiger charge is 2.32. The van der Waals surface area contributed by atoms with E-state index in [2.05, 4.69) is 4.98 Å². The molecule has 3 rings (SSSR count). The topological polar surface area (TPSA) is 38.0 Å². The minimum atomic E-state index is -0.544. The molecule has 1 aromatic carbocycles. The SMILES string of the molecule is O[C@@H]1c2ccc(F)cc2S[C@@H]1Cn1ccnc1. The van der Waals surface area contributed by atoms with E-state index in [0.29, 0.717) is 6.54 Å². The van der Waals surface area contributed by atoms with E-state index in [1.807, 2.05) is 10.8 Å². The summed E-state index contributed by atoms with van der Waals surface area (Å²) < 4.78 is 15.0. The van der Waals surface area contributed by atoms with Crippen LogP contribution in [0.4, 0.5) is 4.39 Å². The lowest BCUT2D eigenvalue weighted by Gasteiger charge is -2.14. The van der Waals surface area contributed by atoms with Gasteiger partial charge in [-0.15, -0.1) is 11.8 Å². The zero-order chi connectivity index (χ0) is 11.8. The molecule has 1 aliphatic heterocycles. The summed E-state index contributed by atoms with van der Waals surface area (Å²) in [5.41, 5.74) is 0.821. The van der Waals surface area contributed by atoms with Gasteiger partial charge >= 0.3 is 0 Å². The normalized spacial score (nSPS) is 22.7. The average molecular weight is 250 g/mol. The molecular weight excluding hydrogens is 239 g/mol. The molecular formula is C12H11FN2OS. The van der Waals surface area contributed by atoms with Crippen molar-refractivity contribution < 1.29 is 9.50 Å². The second-order valence-electron chi connectivity index (χ2n) is 4.04. The van der Waals surface area contributed by atoms with Gasteiger partial charge in [0.15, 0.2) is 0 Å². The van der Waals surface area contributed by atoms with Crippen molar-refractivity contribution in [2.24, 2.45) is 0 Å². The van der Waals surface area contributed by atoms with E-state index < -0.39 is 6.10 Å². The first-order valence-corrected chi connectivity index (χ1v) is 6.22. The molecule has 1 aromatic heterocycles. The van der Waals surface area contributed by atoms with Crippen LogP contribution < -0.4 is 0 Å². The number of aliphatic hydroxyl groups is 1. The number of fused-ring (bicyclic) bond motifs is 1. The lowest BCUT2D eigenvalue weighted by molar-refractivity contribution is 0.170. The van der Waals surface area contributed by atoms with Crippen molar-refractivity contribution in [1.82, 2.24) is 9.55 Å². The molecule has 5 heteroatoms. The molecule has 0 unspecified atom stereocenters. The van der Waals surface area contributed by atoms with Gasteiger partial charge in [0.1, 0.15) is 5.82 Å². The van der Waals surface area contributed by atoms with Gasteiger partial charge in [-0.25, -0.2) is 9.37 Å². The van der Waals surface area contributed by atoms with Crippen molar-refractivity contribution >= 4 is 11.8 Å². The van der Waals surface area contributed by atoms with Gasteiger partial charge < -0.3 is 9.67 Å². The zero-order valence-corrected chi connectivity index (χ0v) is 9.77. The predicted molar refractivity (Wildman–Crippen MR) is 63.2 cm³/mol. The summed E-state index contributed by atoms with van der Waals surface area (Å²) in [5, 5.41) is 10.2. The minimum Gasteiger partial charge on any atom is -0.387 e. The summed E-state index contributed by atoms with van der Waals surface area (Å²) in [5.74, 6) is -0.258. The third kappa shape index (κ3) is 1.96. The maximum atomic E-state index is 13.1. The summed E-state index contributed by atoms with van der Waals surface area (Å²) in [4.78, 5) is 4.80. The number of nitrogens with zero attached hydrogens (tertiary/aromatic N) is 2. The van der Waals surface area contributed by atoms with Crippen LogP contribution in [0.3, 0.4) is 0 Å². The molecule has 0 saturated heterocycles. The molecule has 0 aliphatic carbocycles. The minimum absolute atomic E-state index is 0.0148.